The topological polar surface area (TPSA) is 37.4 Å². The monoisotopic (exact) mass is 303 g/mol. The Morgan fingerprint density at radius 3 is 2.10 bits per heavy atom. The maximum absolute atomic E-state index is 12.3. The molecule has 1 saturated carbocycles. The van der Waals surface area contributed by atoms with Crippen molar-refractivity contribution in [3.63, 3.8) is 0 Å². The van der Waals surface area contributed by atoms with Crippen molar-refractivity contribution in [1.82, 2.24) is 4.31 Å². The van der Waals surface area contributed by atoms with E-state index >= 15 is 0 Å². The van der Waals surface area contributed by atoms with Gasteiger partial charge in [-0.3, -0.25) is 0 Å². The Morgan fingerprint density at radius 2 is 1.52 bits per heavy atom. The molecule has 0 atom stereocenters. The predicted molar refractivity (Wildman–Crippen MR) is 86.2 cm³/mol. The van der Waals surface area contributed by atoms with Crippen LogP contribution in [0.15, 0.2) is 40.8 Å². The molecular weight excluding hydrogens is 282 g/mol. The van der Waals surface area contributed by atoms with Gasteiger partial charge >= 0.3 is 0 Å². The van der Waals surface area contributed by atoms with Gasteiger partial charge in [0.15, 0.2) is 0 Å². The molecule has 0 aromatic heterocycles. The third-order valence-corrected chi connectivity index (χ3v) is 5.76. The first-order chi connectivity index (χ1) is 10.0. The van der Waals surface area contributed by atoms with Gasteiger partial charge in [-0.1, -0.05) is 41.0 Å². The molecule has 112 valence electrons. The van der Waals surface area contributed by atoms with Gasteiger partial charge in [-0.05, 0) is 44.2 Å². The van der Waals surface area contributed by atoms with Crippen molar-refractivity contribution in [3.05, 3.63) is 51.9 Å². The van der Waals surface area contributed by atoms with E-state index in [9.17, 15) is 8.42 Å². The number of piperidine rings is 1. The minimum absolute atomic E-state index is 0.624. The Balaban J connectivity index is 1.66. The second-order valence-corrected chi connectivity index (χ2v) is 7.68. The Hall–Kier alpha value is -1.39. The summed E-state index contributed by atoms with van der Waals surface area (Å²) in [5, 5.41) is 1.34. The average Bonchev–Trinajstić information content (AvgIpc) is 3.32. The summed E-state index contributed by atoms with van der Waals surface area (Å²) in [7, 11) is -3.29. The lowest BCUT2D eigenvalue weighted by atomic mass is 10.1. The quantitative estimate of drug-likeness (QED) is 0.802. The summed E-state index contributed by atoms with van der Waals surface area (Å²) >= 11 is 0. The number of sulfonamides is 1. The molecule has 0 spiro atoms. The highest BCUT2D eigenvalue weighted by molar-refractivity contribution is 7.92. The summed E-state index contributed by atoms with van der Waals surface area (Å²) in [6, 6.07) is 7.85. The van der Waals surface area contributed by atoms with E-state index in [1.807, 2.05) is 31.2 Å². The number of nitrogens with zero attached hydrogens (tertiary/aromatic N) is 1. The van der Waals surface area contributed by atoms with E-state index < -0.39 is 10.0 Å². The number of hydrogen-bond acceptors (Lipinski definition) is 2. The fourth-order valence-corrected chi connectivity index (χ4v) is 3.90. The SMILES string of the molecule is Cc1ccc(/C=C/S(=O)(=O)N2CCC(=C3CC3)CC2)cc1. The molecule has 0 unspecified atom stereocenters. The van der Waals surface area contributed by atoms with E-state index in [2.05, 4.69) is 0 Å². The Bertz CT molecular complexity index is 668. The summed E-state index contributed by atoms with van der Waals surface area (Å²) in [6.45, 7) is 3.27. The van der Waals surface area contributed by atoms with Gasteiger partial charge in [0, 0.05) is 18.5 Å². The van der Waals surface area contributed by atoms with Gasteiger partial charge in [0.1, 0.15) is 0 Å². The van der Waals surface area contributed by atoms with Crippen LogP contribution in [0.1, 0.15) is 36.8 Å². The molecule has 0 radical (unpaired) electrons. The highest BCUT2D eigenvalue weighted by atomic mass is 32.2. The van der Waals surface area contributed by atoms with Crippen molar-refractivity contribution in [2.24, 2.45) is 0 Å². The van der Waals surface area contributed by atoms with E-state index in [-0.39, 0.29) is 0 Å². The third kappa shape index (κ3) is 3.63. The van der Waals surface area contributed by atoms with E-state index in [0.29, 0.717) is 13.1 Å². The molecule has 1 aliphatic heterocycles. The second kappa shape index (κ2) is 5.78. The van der Waals surface area contributed by atoms with Crippen LogP contribution in [-0.4, -0.2) is 25.8 Å². The first kappa shape index (κ1) is 14.5. The zero-order valence-electron chi connectivity index (χ0n) is 12.4. The summed E-state index contributed by atoms with van der Waals surface area (Å²) in [5.74, 6) is 0. The van der Waals surface area contributed by atoms with Gasteiger partial charge in [0.05, 0.1) is 0 Å². The second-order valence-electron chi connectivity index (χ2n) is 5.86. The van der Waals surface area contributed by atoms with Gasteiger partial charge in [-0.15, -0.1) is 0 Å². The zero-order chi connectivity index (χ0) is 14.9. The first-order valence-electron chi connectivity index (χ1n) is 7.49. The molecule has 2 aliphatic rings. The van der Waals surface area contributed by atoms with Gasteiger partial charge in [-0.25, -0.2) is 8.42 Å². The molecule has 3 rings (SSSR count). The molecule has 1 aromatic carbocycles. The van der Waals surface area contributed by atoms with E-state index in [4.69, 9.17) is 0 Å². The van der Waals surface area contributed by atoms with Crippen LogP contribution in [0.2, 0.25) is 0 Å². The molecule has 1 saturated heterocycles. The molecule has 1 aliphatic carbocycles. The van der Waals surface area contributed by atoms with Crippen LogP contribution < -0.4 is 0 Å². The standard InChI is InChI=1S/C17H21NO2S/c1-14-2-4-15(5-3-14)10-13-21(19,20)18-11-8-17(9-12-18)16-6-7-16/h2-5,10,13H,6-9,11-12H2,1H3/b13-10+. The van der Waals surface area contributed by atoms with Crippen LogP contribution in [0.5, 0.6) is 0 Å². The lowest BCUT2D eigenvalue weighted by molar-refractivity contribution is 0.391. The number of benzene rings is 1. The van der Waals surface area contributed by atoms with Crippen molar-refractivity contribution >= 4 is 16.1 Å². The smallest absolute Gasteiger partial charge is 0.208 e. The lowest BCUT2D eigenvalue weighted by Gasteiger charge is -2.26. The molecular formula is C17H21NO2S. The normalized spacial score (nSPS) is 20.2. The zero-order valence-corrected chi connectivity index (χ0v) is 13.2. The Labute approximate surface area is 127 Å². The number of allylic oxidation sites excluding steroid dienone is 1. The van der Waals surface area contributed by atoms with Crippen molar-refractivity contribution in [3.8, 4) is 0 Å². The minimum Gasteiger partial charge on any atom is -0.208 e. The molecule has 1 aromatic rings. The lowest BCUT2D eigenvalue weighted by Crippen LogP contribution is -2.35. The van der Waals surface area contributed by atoms with Crippen LogP contribution >= 0.6 is 0 Å². The van der Waals surface area contributed by atoms with Crippen LogP contribution in [0.4, 0.5) is 0 Å². The summed E-state index contributed by atoms with van der Waals surface area (Å²) in [5.41, 5.74) is 5.17. The van der Waals surface area contributed by atoms with Crippen molar-refractivity contribution in [2.45, 2.75) is 32.6 Å². The summed E-state index contributed by atoms with van der Waals surface area (Å²) in [4.78, 5) is 0. The molecule has 1 heterocycles. The molecule has 21 heavy (non-hydrogen) atoms. The van der Waals surface area contributed by atoms with Gasteiger partial charge in [-0.2, -0.15) is 4.31 Å². The molecule has 0 N–H and O–H groups in total. The van der Waals surface area contributed by atoms with Crippen LogP contribution in [0.3, 0.4) is 0 Å². The first-order valence-corrected chi connectivity index (χ1v) is 8.99. The fraction of sp³-hybridized carbons (Fsp3) is 0.412. The molecule has 3 nitrogen and oxygen atoms in total. The van der Waals surface area contributed by atoms with E-state index in [1.54, 1.807) is 16.0 Å². The maximum Gasteiger partial charge on any atom is 0.236 e. The molecule has 0 amide bonds. The van der Waals surface area contributed by atoms with Crippen molar-refractivity contribution in [2.75, 3.05) is 13.1 Å². The molecule has 4 heteroatoms. The van der Waals surface area contributed by atoms with Gasteiger partial charge < -0.3 is 0 Å². The summed E-state index contributed by atoms with van der Waals surface area (Å²) < 4.78 is 26.3. The van der Waals surface area contributed by atoms with Crippen LogP contribution in [0, 0.1) is 6.92 Å². The number of aryl methyl sites for hydroxylation is 1. The Morgan fingerprint density at radius 1 is 0.952 bits per heavy atom. The molecule has 0 bridgehead atoms. The highest BCUT2D eigenvalue weighted by Gasteiger charge is 2.26. The van der Waals surface area contributed by atoms with Crippen LogP contribution in [-0.2, 0) is 10.0 Å². The number of rotatable bonds is 3. The largest absolute Gasteiger partial charge is 0.236 e. The maximum atomic E-state index is 12.3. The van der Waals surface area contributed by atoms with Crippen molar-refractivity contribution < 1.29 is 8.42 Å². The third-order valence-electron chi connectivity index (χ3n) is 4.20. The Kier molecular flexibility index (Phi) is 4.00. The predicted octanol–water partition coefficient (Wildman–Crippen LogP) is 3.48. The number of hydrogen-bond donors (Lipinski definition) is 0. The van der Waals surface area contributed by atoms with Crippen molar-refractivity contribution in [1.29, 1.82) is 0 Å². The van der Waals surface area contributed by atoms with E-state index in [0.717, 1.165) is 18.4 Å². The molecule has 2 fully saturated rings. The van der Waals surface area contributed by atoms with Gasteiger partial charge in [0.2, 0.25) is 10.0 Å². The van der Waals surface area contributed by atoms with E-state index in [1.165, 1.54) is 29.4 Å². The highest BCUT2D eigenvalue weighted by Crippen LogP contribution is 2.36. The summed E-state index contributed by atoms with van der Waals surface area (Å²) in [6.07, 6.45) is 5.97. The van der Waals surface area contributed by atoms with Crippen LogP contribution in [0.25, 0.3) is 6.08 Å². The fourth-order valence-electron chi connectivity index (χ4n) is 2.71. The average molecular weight is 303 g/mol. The van der Waals surface area contributed by atoms with Gasteiger partial charge in [0.25, 0.3) is 0 Å². The minimum atomic E-state index is -3.29.